The molecule has 0 aromatic heterocycles. The van der Waals surface area contributed by atoms with Crippen molar-refractivity contribution in [1.29, 1.82) is 0 Å². The first-order valence-corrected chi connectivity index (χ1v) is 4.01. The van der Waals surface area contributed by atoms with Crippen molar-refractivity contribution in [3.63, 3.8) is 0 Å². The van der Waals surface area contributed by atoms with Crippen molar-refractivity contribution < 1.29 is 4.79 Å². The summed E-state index contributed by atoms with van der Waals surface area (Å²) in [6.45, 7) is 7.79. The van der Waals surface area contributed by atoms with Gasteiger partial charge in [0, 0.05) is 12.3 Å². The second-order valence-electron chi connectivity index (χ2n) is 3.10. The molecule has 0 aliphatic heterocycles. The third-order valence-electron chi connectivity index (χ3n) is 2.26. The molecular formula is C10H14O. The van der Waals surface area contributed by atoms with Crippen molar-refractivity contribution in [2.24, 2.45) is 5.92 Å². The lowest BCUT2D eigenvalue weighted by Gasteiger charge is -2.08. The molecule has 0 radical (unpaired) electrons. The van der Waals surface area contributed by atoms with Gasteiger partial charge in [0.05, 0.1) is 0 Å². The maximum atomic E-state index is 11.2. The van der Waals surface area contributed by atoms with Gasteiger partial charge in [0.2, 0.25) is 0 Å². The fraction of sp³-hybridized carbons (Fsp3) is 0.500. The first-order valence-electron chi connectivity index (χ1n) is 4.01. The SMILES string of the molecule is C=C(C)[C@H]1CCC(=O)/C1=C\C. The van der Waals surface area contributed by atoms with Crippen molar-refractivity contribution in [2.75, 3.05) is 0 Å². The standard InChI is InChI=1S/C10H14O/c1-4-8-9(7(2)3)5-6-10(8)11/h4,9H,2,5-6H2,1,3H3/b8-4-/t9-/m1/s1. The smallest absolute Gasteiger partial charge is 0.159 e. The van der Waals surface area contributed by atoms with E-state index < -0.39 is 0 Å². The van der Waals surface area contributed by atoms with E-state index in [0.29, 0.717) is 18.1 Å². The second-order valence-corrected chi connectivity index (χ2v) is 3.10. The molecule has 0 heterocycles. The fourth-order valence-corrected chi connectivity index (χ4v) is 1.64. The summed E-state index contributed by atoms with van der Waals surface area (Å²) >= 11 is 0. The van der Waals surface area contributed by atoms with Gasteiger partial charge in [0.1, 0.15) is 0 Å². The molecule has 1 heteroatoms. The van der Waals surface area contributed by atoms with E-state index in [1.165, 1.54) is 0 Å². The molecule has 0 aromatic carbocycles. The van der Waals surface area contributed by atoms with Gasteiger partial charge in [-0.05, 0) is 25.8 Å². The highest BCUT2D eigenvalue weighted by Crippen LogP contribution is 2.32. The van der Waals surface area contributed by atoms with Crippen LogP contribution in [0.15, 0.2) is 23.8 Å². The summed E-state index contributed by atoms with van der Waals surface area (Å²) in [6.07, 6.45) is 3.60. The van der Waals surface area contributed by atoms with Gasteiger partial charge in [-0.25, -0.2) is 0 Å². The molecule has 0 unspecified atom stereocenters. The van der Waals surface area contributed by atoms with Crippen LogP contribution in [0.2, 0.25) is 0 Å². The van der Waals surface area contributed by atoms with Crippen LogP contribution in [0.25, 0.3) is 0 Å². The van der Waals surface area contributed by atoms with E-state index in [-0.39, 0.29) is 0 Å². The predicted molar refractivity (Wildman–Crippen MR) is 46.3 cm³/mol. The van der Waals surface area contributed by atoms with Crippen LogP contribution in [0.3, 0.4) is 0 Å². The van der Waals surface area contributed by atoms with Gasteiger partial charge in [0.15, 0.2) is 5.78 Å². The van der Waals surface area contributed by atoms with Gasteiger partial charge in [-0.1, -0.05) is 18.2 Å². The van der Waals surface area contributed by atoms with Crippen LogP contribution in [0.4, 0.5) is 0 Å². The molecule has 0 saturated heterocycles. The first kappa shape index (κ1) is 8.25. The Labute approximate surface area is 67.8 Å². The maximum absolute atomic E-state index is 11.2. The average molecular weight is 150 g/mol. The highest BCUT2D eigenvalue weighted by Gasteiger charge is 2.27. The summed E-state index contributed by atoms with van der Waals surface area (Å²) in [5.74, 6) is 0.646. The van der Waals surface area contributed by atoms with E-state index in [1.54, 1.807) is 0 Å². The highest BCUT2D eigenvalue weighted by molar-refractivity contribution is 5.98. The largest absolute Gasteiger partial charge is 0.295 e. The lowest BCUT2D eigenvalue weighted by Crippen LogP contribution is -2.01. The average Bonchev–Trinajstić information content (AvgIpc) is 2.30. The Bertz CT molecular complexity index is 223. The van der Waals surface area contributed by atoms with E-state index in [1.807, 2.05) is 19.9 Å². The minimum atomic E-state index is 0.306. The molecule has 0 amide bonds. The summed E-state index contributed by atoms with van der Waals surface area (Å²) in [5, 5.41) is 0. The van der Waals surface area contributed by atoms with Crippen LogP contribution in [-0.4, -0.2) is 5.78 Å². The van der Waals surface area contributed by atoms with Crippen molar-refractivity contribution >= 4 is 5.78 Å². The van der Waals surface area contributed by atoms with Crippen LogP contribution < -0.4 is 0 Å². The topological polar surface area (TPSA) is 17.1 Å². The molecule has 0 N–H and O–H groups in total. The van der Waals surface area contributed by atoms with Crippen molar-refractivity contribution in [2.45, 2.75) is 26.7 Å². The molecule has 1 saturated carbocycles. The normalized spacial score (nSPS) is 28.0. The van der Waals surface area contributed by atoms with Crippen LogP contribution >= 0.6 is 0 Å². The van der Waals surface area contributed by atoms with E-state index in [2.05, 4.69) is 6.58 Å². The summed E-state index contributed by atoms with van der Waals surface area (Å²) in [7, 11) is 0. The van der Waals surface area contributed by atoms with Crippen LogP contribution in [0, 0.1) is 5.92 Å². The molecule has 0 bridgehead atoms. The molecule has 1 fully saturated rings. The summed E-state index contributed by atoms with van der Waals surface area (Å²) in [5.41, 5.74) is 2.08. The minimum absolute atomic E-state index is 0.306. The molecule has 1 rings (SSSR count). The van der Waals surface area contributed by atoms with Gasteiger partial charge in [-0.3, -0.25) is 4.79 Å². The third-order valence-corrected chi connectivity index (χ3v) is 2.26. The maximum Gasteiger partial charge on any atom is 0.159 e. The number of carbonyl (C=O) groups is 1. The van der Waals surface area contributed by atoms with Crippen molar-refractivity contribution in [3.8, 4) is 0 Å². The number of hydrogen-bond donors (Lipinski definition) is 0. The molecule has 60 valence electrons. The lowest BCUT2D eigenvalue weighted by atomic mass is 9.96. The van der Waals surface area contributed by atoms with E-state index in [4.69, 9.17) is 0 Å². The van der Waals surface area contributed by atoms with Crippen molar-refractivity contribution in [1.82, 2.24) is 0 Å². The van der Waals surface area contributed by atoms with Gasteiger partial charge < -0.3 is 0 Å². The number of allylic oxidation sites excluding steroid dienone is 3. The molecule has 0 aromatic rings. The summed E-state index contributed by atoms with van der Waals surface area (Å²) in [4.78, 5) is 11.2. The molecule has 1 aliphatic carbocycles. The van der Waals surface area contributed by atoms with Gasteiger partial charge >= 0.3 is 0 Å². The summed E-state index contributed by atoms with van der Waals surface area (Å²) < 4.78 is 0. The van der Waals surface area contributed by atoms with Crippen molar-refractivity contribution in [3.05, 3.63) is 23.8 Å². The molecule has 1 nitrogen and oxygen atoms in total. The minimum Gasteiger partial charge on any atom is -0.295 e. The molecule has 0 spiro atoms. The molecule has 1 aliphatic rings. The monoisotopic (exact) mass is 150 g/mol. The summed E-state index contributed by atoms with van der Waals surface area (Å²) in [6, 6.07) is 0. The van der Waals surface area contributed by atoms with Crippen LogP contribution in [0.1, 0.15) is 26.7 Å². The Kier molecular flexibility index (Phi) is 2.28. The zero-order valence-corrected chi connectivity index (χ0v) is 7.18. The lowest BCUT2D eigenvalue weighted by molar-refractivity contribution is -0.114. The zero-order valence-electron chi connectivity index (χ0n) is 7.18. The van der Waals surface area contributed by atoms with E-state index >= 15 is 0 Å². The first-order chi connectivity index (χ1) is 5.16. The quantitative estimate of drug-likeness (QED) is 0.414. The Hall–Kier alpha value is -0.850. The van der Waals surface area contributed by atoms with Crippen LogP contribution in [-0.2, 0) is 4.79 Å². The number of ketones is 1. The number of hydrogen-bond acceptors (Lipinski definition) is 1. The zero-order chi connectivity index (χ0) is 8.43. The van der Waals surface area contributed by atoms with E-state index in [0.717, 1.165) is 17.6 Å². The Morgan fingerprint density at radius 1 is 1.73 bits per heavy atom. The van der Waals surface area contributed by atoms with Gasteiger partial charge in [0.25, 0.3) is 0 Å². The number of rotatable bonds is 1. The van der Waals surface area contributed by atoms with Gasteiger partial charge in [-0.15, -0.1) is 0 Å². The molecule has 1 atom stereocenters. The fourth-order valence-electron chi connectivity index (χ4n) is 1.64. The van der Waals surface area contributed by atoms with Crippen LogP contribution in [0.5, 0.6) is 0 Å². The third kappa shape index (κ3) is 1.42. The predicted octanol–water partition coefficient (Wildman–Crippen LogP) is 2.49. The number of Topliss-reactive ketones (excluding diaryl/α,β-unsaturated/α-hetero) is 1. The van der Waals surface area contributed by atoms with Gasteiger partial charge in [-0.2, -0.15) is 0 Å². The Morgan fingerprint density at radius 2 is 2.36 bits per heavy atom. The number of carbonyl (C=O) groups excluding carboxylic acids is 1. The molecule has 11 heavy (non-hydrogen) atoms. The molecular weight excluding hydrogens is 136 g/mol. The Balaban J connectivity index is 2.86. The van der Waals surface area contributed by atoms with E-state index in [9.17, 15) is 4.79 Å². The highest BCUT2D eigenvalue weighted by atomic mass is 16.1. The Morgan fingerprint density at radius 3 is 2.73 bits per heavy atom. The second kappa shape index (κ2) is 3.04.